The molecule has 0 amide bonds. The minimum absolute atomic E-state index is 0.218. The second kappa shape index (κ2) is 12.3. The topological polar surface area (TPSA) is 78.9 Å². The van der Waals surface area contributed by atoms with E-state index < -0.39 is 17.7 Å². The first-order valence-corrected chi connectivity index (χ1v) is 14.9. The number of piperazine rings is 1. The molecule has 45 heavy (non-hydrogen) atoms. The van der Waals surface area contributed by atoms with Crippen molar-refractivity contribution in [1.29, 1.82) is 0 Å². The van der Waals surface area contributed by atoms with Gasteiger partial charge in [-0.15, -0.1) is 0 Å². The molecule has 230 valence electrons. The highest BCUT2D eigenvalue weighted by Gasteiger charge is 2.32. The van der Waals surface area contributed by atoms with Crippen molar-refractivity contribution in [1.82, 2.24) is 19.9 Å². The van der Waals surface area contributed by atoms with E-state index in [0.717, 1.165) is 60.0 Å². The number of hydrogen-bond acceptors (Lipinski definition) is 9. The molecule has 2 fully saturated rings. The molecule has 0 saturated carbocycles. The number of anilines is 4. The van der Waals surface area contributed by atoms with Gasteiger partial charge in [-0.05, 0) is 31.3 Å². The quantitative estimate of drug-likeness (QED) is 0.227. The van der Waals surface area contributed by atoms with Crippen LogP contribution in [0.3, 0.4) is 0 Å². The molecule has 0 radical (unpaired) electrons. The van der Waals surface area contributed by atoms with Crippen LogP contribution in [-0.4, -0.2) is 66.8 Å². The molecular weight excluding hydrogens is 576 g/mol. The third kappa shape index (κ3) is 5.72. The SMILES string of the molecule is COc1cc(N2CCN(C)CC2)c(-c2cnc3ccccc3c2)cc1Nc1cc(N2OCC[C@@H]2c2cccc(F)c2F)ncn1. The Morgan fingerprint density at radius 2 is 1.78 bits per heavy atom. The Labute approximate surface area is 260 Å². The van der Waals surface area contributed by atoms with Crippen LogP contribution in [0.2, 0.25) is 0 Å². The van der Waals surface area contributed by atoms with Crippen LogP contribution in [0.15, 0.2) is 79.3 Å². The summed E-state index contributed by atoms with van der Waals surface area (Å²) in [5.41, 5.74) is 4.93. The van der Waals surface area contributed by atoms with Crippen LogP contribution >= 0.6 is 0 Å². The van der Waals surface area contributed by atoms with Crippen molar-refractivity contribution >= 4 is 33.9 Å². The summed E-state index contributed by atoms with van der Waals surface area (Å²) in [5, 5.41) is 5.98. The summed E-state index contributed by atoms with van der Waals surface area (Å²) in [6.45, 7) is 4.04. The van der Waals surface area contributed by atoms with Crippen LogP contribution in [-0.2, 0) is 4.84 Å². The van der Waals surface area contributed by atoms with E-state index in [0.29, 0.717) is 36.1 Å². The summed E-state index contributed by atoms with van der Waals surface area (Å²) in [4.78, 5) is 24.1. The fraction of sp³-hybridized carbons (Fsp3) is 0.265. The van der Waals surface area contributed by atoms with Gasteiger partial charge >= 0.3 is 0 Å². The van der Waals surface area contributed by atoms with Crippen molar-refractivity contribution in [2.45, 2.75) is 12.5 Å². The number of benzene rings is 3. The van der Waals surface area contributed by atoms with Crippen molar-refractivity contribution < 1.29 is 18.4 Å². The van der Waals surface area contributed by atoms with Gasteiger partial charge in [0.15, 0.2) is 17.5 Å². The van der Waals surface area contributed by atoms with E-state index in [9.17, 15) is 8.78 Å². The molecule has 0 spiro atoms. The zero-order valence-corrected chi connectivity index (χ0v) is 25.1. The highest BCUT2D eigenvalue weighted by Crippen LogP contribution is 2.42. The van der Waals surface area contributed by atoms with Gasteiger partial charge in [0.05, 0.1) is 31.0 Å². The van der Waals surface area contributed by atoms with Crippen LogP contribution < -0.4 is 20.0 Å². The Bertz CT molecular complexity index is 1850. The predicted molar refractivity (Wildman–Crippen MR) is 171 cm³/mol. The maximum Gasteiger partial charge on any atom is 0.164 e. The highest BCUT2D eigenvalue weighted by molar-refractivity contribution is 5.90. The number of aromatic nitrogens is 3. The second-order valence-corrected chi connectivity index (χ2v) is 11.3. The summed E-state index contributed by atoms with van der Waals surface area (Å²) < 4.78 is 34.7. The van der Waals surface area contributed by atoms with Gasteiger partial charge in [-0.3, -0.25) is 9.82 Å². The van der Waals surface area contributed by atoms with Crippen molar-refractivity contribution in [3.63, 3.8) is 0 Å². The van der Waals surface area contributed by atoms with Crippen molar-refractivity contribution in [3.8, 4) is 16.9 Å². The van der Waals surface area contributed by atoms with Gasteiger partial charge in [0.2, 0.25) is 0 Å². The Morgan fingerprint density at radius 3 is 2.62 bits per heavy atom. The Hall–Kier alpha value is -4.87. The number of halogens is 2. The molecule has 3 aromatic carbocycles. The molecule has 2 saturated heterocycles. The molecule has 2 aliphatic rings. The lowest BCUT2D eigenvalue weighted by Crippen LogP contribution is -2.44. The lowest BCUT2D eigenvalue weighted by molar-refractivity contribution is 0.156. The summed E-state index contributed by atoms with van der Waals surface area (Å²) in [6, 6.07) is 19.7. The fourth-order valence-corrected chi connectivity index (χ4v) is 6.02. The number of hydrogen-bond donors (Lipinski definition) is 1. The molecule has 0 aliphatic carbocycles. The number of para-hydroxylation sites is 1. The molecular formula is C34H33F2N7O2. The summed E-state index contributed by atoms with van der Waals surface area (Å²) in [7, 11) is 3.78. The third-order valence-electron chi connectivity index (χ3n) is 8.45. The molecule has 9 nitrogen and oxygen atoms in total. The van der Waals surface area contributed by atoms with E-state index in [1.165, 1.54) is 17.5 Å². The number of pyridine rings is 1. The molecule has 2 aliphatic heterocycles. The molecule has 1 N–H and O–H groups in total. The average molecular weight is 610 g/mol. The van der Waals surface area contributed by atoms with Gasteiger partial charge < -0.3 is 19.9 Å². The number of rotatable bonds is 7. The van der Waals surface area contributed by atoms with E-state index in [2.05, 4.69) is 56.4 Å². The van der Waals surface area contributed by atoms with Gasteiger partial charge in [0.1, 0.15) is 17.9 Å². The van der Waals surface area contributed by atoms with Crippen LogP contribution in [0.25, 0.3) is 22.0 Å². The van der Waals surface area contributed by atoms with E-state index in [1.807, 2.05) is 24.4 Å². The first-order chi connectivity index (χ1) is 22.0. The zero-order chi connectivity index (χ0) is 30.9. The minimum Gasteiger partial charge on any atom is -0.494 e. The first-order valence-electron chi connectivity index (χ1n) is 14.9. The largest absolute Gasteiger partial charge is 0.494 e. The Morgan fingerprint density at radius 1 is 0.933 bits per heavy atom. The third-order valence-corrected chi connectivity index (χ3v) is 8.45. The number of ether oxygens (including phenoxy) is 1. The number of hydroxylamine groups is 1. The second-order valence-electron chi connectivity index (χ2n) is 11.3. The van der Waals surface area contributed by atoms with Gasteiger partial charge in [0.25, 0.3) is 0 Å². The number of likely N-dealkylation sites (N-methyl/N-ethyl adjacent to an activating group) is 1. The van der Waals surface area contributed by atoms with E-state index >= 15 is 0 Å². The van der Waals surface area contributed by atoms with Gasteiger partial charge in [-0.25, -0.2) is 23.8 Å². The zero-order valence-electron chi connectivity index (χ0n) is 25.1. The van der Waals surface area contributed by atoms with Gasteiger partial charge in [-0.1, -0.05) is 30.3 Å². The smallest absolute Gasteiger partial charge is 0.164 e. The fourth-order valence-electron chi connectivity index (χ4n) is 6.02. The minimum atomic E-state index is -0.895. The Kier molecular flexibility index (Phi) is 7.86. The van der Waals surface area contributed by atoms with E-state index in [1.54, 1.807) is 19.2 Å². The van der Waals surface area contributed by atoms with Crippen molar-refractivity contribution in [3.05, 3.63) is 96.5 Å². The average Bonchev–Trinajstić information content (AvgIpc) is 3.56. The van der Waals surface area contributed by atoms with Gasteiger partial charge in [0, 0.05) is 78.7 Å². The summed E-state index contributed by atoms with van der Waals surface area (Å²) in [5.74, 6) is -0.216. The van der Waals surface area contributed by atoms with Crippen molar-refractivity contribution in [2.24, 2.45) is 0 Å². The maximum absolute atomic E-state index is 14.7. The highest BCUT2D eigenvalue weighted by atomic mass is 19.2. The van der Waals surface area contributed by atoms with Crippen LogP contribution in [0.5, 0.6) is 5.75 Å². The molecule has 2 aromatic heterocycles. The van der Waals surface area contributed by atoms with Crippen LogP contribution in [0.4, 0.5) is 31.8 Å². The normalized spacial score (nSPS) is 17.2. The van der Waals surface area contributed by atoms with Crippen molar-refractivity contribution in [2.75, 3.05) is 62.2 Å². The molecule has 0 bridgehead atoms. The number of fused-ring (bicyclic) bond motifs is 1. The van der Waals surface area contributed by atoms with E-state index in [-0.39, 0.29) is 5.56 Å². The number of nitrogens with zero attached hydrogens (tertiary/aromatic N) is 6. The predicted octanol–water partition coefficient (Wildman–Crippen LogP) is 6.36. The van der Waals surface area contributed by atoms with Crippen LogP contribution in [0.1, 0.15) is 18.0 Å². The molecule has 7 rings (SSSR count). The lowest BCUT2D eigenvalue weighted by Gasteiger charge is -2.35. The summed E-state index contributed by atoms with van der Waals surface area (Å²) >= 11 is 0. The number of nitrogens with one attached hydrogen (secondary N) is 1. The lowest BCUT2D eigenvalue weighted by atomic mass is 10.0. The van der Waals surface area contributed by atoms with Gasteiger partial charge in [-0.2, -0.15) is 0 Å². The standard InChI is InChI=1S/C34H33F2N7O2/c1-41-11-13-42(14-12-41)30-18-31(44-2)28(17-25(30)23-16-22-6-3-4-9-27(22)37-20-23)40-32-19-33(39-21-38-32)43-29(10-15-45-43)24-7-5-8-26(35)34(24)36/h3-9,16-21,29H,10-15H2,1-2H3,(H,38,39,40)/t29-/m1/s1. The van der Waals surface area contributed by atoms with E-state index in [4.69, 9.17) is 14.6 Å². The molecule has 4 heterocycles. The Balaban J connectivity index is 1.25. The monoisotopic (exact) mass is 609 g/mol. The first kappa shape index (κ1) is 28.9. The van der Waals surface area contributed by atoms with Crippen LogP contribution in [0, 0.1) is 11.6 Å². The molecule has 1 atom stereocenters. The maximum atomic E-state index is 14.7. The summed E-state index contributed by atoms with van der Waals surface area (Å²) in [6.07, 6.45) is 3.81. The molecule has 11 heteroatoms. The molecule has 0 unspecified atom stereocenters. The number of methoxy groups -OCH3 is 1. The molecule has 5 aromatic rings.